The van der Waals surface area contributed by atoms with Crippen LogP contribution >= 0.6 is 0 Å². The van der Waals surface area contributed by atoms with Crippen molar-refractivity contribution in [2.75, 3.05) is 0 Å². The van der Waals surface area contributed by atoms with Gasteiger partial charge in [0.05, 0.1) is 0 Å². The van der Waals surface area contributed by atoms with Crippen molar-refractivity contribution < 1.29 is 4.79 Å². The molecule has 1 aliphatic heterocycles. The van der Waals surface area contributed by atoms with Crippen LogP contribution in [0, 0.1) is 0 Å². The van der Waals surface area contributed by atoms with Gasteiger partial charge in [-0.2, -0.15) is 0 Å². The van der Waals surface area contributed by atoms with Crippen LogP contribution in [0.2, 0.25) is 0 Å². The van der Waals surface area contributed by atoms with Crippen LogP contribution in [0.3, 0.4) is 0 Å². The molecule has 78 valence electrons. The number of ketones is 1. The van der Waals surface area contributed by atoms with Gasteiger partial charge in [-0.05, 0) is 6.42 Å². The molecule has 0 saturated carbocycles. The lowest BCUT2D eigenvalue weighted by Crippen LogP contribution is -2.05. The molecule has 2 aliphatic rings. The molecule has 0 N–H and O–H groups in total. The lowest BCUT2D eigenvalue weighted by molar-refractivity contribution is 0.103. The summed E-state index contributed by atoms with van der Waals surface area (Å²) >= 11 is 0. The third kappa shape index (κ3) is 0.803. The Morgan fingerprint density at radius 2 is 2.00 bits per heavy atom. The van der Waals surface area contributed by atoms with Crippen molar-refractivity contribution in [1.29, 1.82) is 0 Å². The molecular formula is C13H10N2O. The molecule has 3 heteroatoms. The lowest BCUT2D eigenvalue weighted by atomic mass is 10.1. The summed E-state index contributed by atoms with van der Waals surface area (Å²) in [6, 6.07) is 7.75. The molecule has 1 aliphatic carbocycles. The molecule has 0 unspecified atom stereocenters. The lowest BCUT2D eigenvalue weighted by Gasteiger charge is -1.99. The zero-order chi connectivity index (χ0) is 10.7. The summed E-state index contributed by atoms with van der Waals surface area (Å²) in [5.74, 6) is 1.22. The summed E-state index contributed by atoms with van der Waals surface area (Å²) < 4.78 is 2.09. The van der Waals surface area contributed by atoms with Gasteiger partial charge < -0.3 is 4.57 Å². The topological polar surface area (TPSA) is 34.9 Å². The Hall–Kier alpha value is -1.90. The second-order valence-corrected chi connectivity index (χ2v) is 4.36. The molecule has 0 saturated heterocycles. The maximum absolute atomic E-state index is 12.2. The first-order chi connectivity index (χ1) is 7.86. The van der Waals surface area contributed by atoms with E-state index in [1.165, 1.54) is 0 Å². The standard InChI is InChI=1S/C13H10N2O/c16-13-9-5-2-1-4-8(9)11-12(13)15-7-3-6-10(15)14-11/h1-2,4-5H,3,6-7H2. The van der Waals surface area contributed by atoms with E-state index in [1.54, 1.807) is 0 Å². The molecular weight excluding hydrogens is 200 g/mol. The van der Waals surface area contributed by atoms with Gasteiger partial charge in [0.2, 0.25) is 5.78 Å². The summed E-state index contributed by atoms with van der Waals surface area (Å²) in [6.07, 6.45) is 2.11. The predicted molar refractivity (Wildman–Crippen MR) is 59.4 cm³/mol. The molecule has 2 heterocycles. The normalized spacial score (nSPS) is 16.1. The van der Waals surface area contributed by atoms with E-state index in [0.717, 1.165) is 47.7 Å². The van der Waals surface area contributed by atoms with Gasteiger partial charge in [0.15, 0.2) is 0 Å². The second kappa shape index (κ2) is 2.61. The molecule has 0 radical (unpaired) electrons. The van der Waals surface area contributed by atoms with E-state index in [1.807, 2.05) is 24.3 Å². The van der Waals surface area contributed by atoms with Crippen molar-refractivity contribution >= 4 is 5.78 Å². The Kier molecular flexibility index (Phi) is 1.35. The third-order valence-corrected chi connectivity index (χ3v) is 3.47. The van der Waals surface area contributed by atoms with Gasteiger partial charge in [0.1, 0.15) is 17.2 Å². The first-order valence-electron chi connectivity index (χ1n) is 5.60. The van der Waals surface area contributed by atoms with Crippen LogP contribution in [0.1, 0.15) is 28.3 Å². The quantitative estimate of drug-likeness (QED) is 0.569. The number of aromatic nitrogens is 2. The van der Waals surface area contributed by atoms with E-state index in [0.29, 0.717) is 0 Å². The number of fused-ring (bicyclic) bond motifs is 5. The van der Waals surface area contributed by atoms with Crippen LogP contribution in [0.15, 0.2) is 24.3 Å². The summed E-state index contributed by atoms with van der Waals surface area (Å²) in [7, 11) is 0. The molecule has 2 aromatic rings. The van der Waals surface area contributed by atoms with E-state index >= 15 is 0 Å². The smallest absolute Gasteiger partial charge is 0.212 e. The first-order valence-corrected chi connectivity index (χ1v) is 5.60. The highest BCUT2D eigenvalue weighted by molar-refractivity contribution is 6.20. The number of hydrogen-bond acceptors (Lipinski definition) is 2. The van der Waals surface area contributed by atoms with Crippen LogP contribution in [0.5, 0.6) is 0 Å². The Labute approximate surface area is 92.7 Å². The Morgan fingerprint density at radius 3 is 2.88 bits per heavy atom. The average Bonchev–Trinajstić information content (AvgIpc) is 2.92. The Balaban J connectivity index is 2.08. The molecule has 1 aromatic carbocycles. The Bertz CT molecular complexity index is 625. The minimum absolute atomic E-state index is 0.145. The number of aryl methyl sites for hydroxylation is 1. The van der Waals surface area contributed by atoms with Crippen LogP contribution in [0.25, 0.3) is 11.3 Å². The number of benzene rings is 1. The van der Waals surface area contributed by atoms with Crippen molar-refractivity contribution in [2.24, 2.45) is 0 Å². The molecule has 0 fully saturated rings. The fourth-order valence-corrected chi connectivity index (χ4v) is 2.76. The highest BCUT2D eigenvalue weighted by Gasteiger charge is 2.34. The van der Waals surface area contributed by atoms with Crippen molar-refractivity contribution in [3.05, 3.63) is 41.3 Å². The molecule has 4 rings (SSSR count). The molecule has 16 heavy (non-hydrogen) atoms. The summed E-state index contributed by atoms with van der Waals surface area (Å²) in [5, 5.41) is 0. The van der Waals surface area contributed by atoms with E-state index in [9.17, 15) is 4.79 Å². The molecule has 3 nitrogen and oxygen atoms in total. The molecule has 0 amide bonds. The minimum atomic E-state index is 0.145. The van der Waals surface area contributed by atoms with Gasteiger partial charge in [-0.15, -0.1) is 0 Å². The van der Waals surface area contributed by atoms with Gasteiger partial charge in [-0.3, -0.25) is 4.79 Å². The highest BCUT2D eigenvalue weighted by Crippen LogP contribution is 2.37. The number of nitrogens with zero attached hydrogens (tertiary/aromatic N) is 2. The number of carbonyl (C=O) groups is 1. The van der Waals surface area contributed by atoms with Crippen molar-refractivity contribution in [2.45, 2.75) is 19.4 Å². The van der Waals surface area contributed by atoms with Crippen molar-refractivity contribution in [3.8, 4) is 11.3 Å². The van der Waals surface area contributed by atoms with E-state index < -0.39 is 0 Å². The fourth-order valence-electron chi connectivity index (χ4n) is 2.76. The predicted octanol–water partition coefficient (Wildman–Crippen LogP) is 2.04. The summed E-state index contributed by atoms with van der Waals surface area (Å²) in [4.78, 5) is 16.9. The highest BCUT2D eigenvalue weighted by atomic mass is 16.1. The van der Waals surface area contributed by atoms with Gasteiger partial charge in [0.25, 0.3) is 0 Å². The Morgan fingerprint density at radius 1 is 1.19 bits per heavy atom. The SMILES string of the molecule is O=C1c2ccccc2-c2nc3n(c21)CCC3. The monoisotopic (exact) mass is 210 g/mol. The van der Waals surface area contributed by atoms with Gasteiger partial charge in [-0.1, -0.05) is 24.3 Å². The van der Waals surface area contributed by atoms with Crippen LogP contribution in [-0.4, -0.2) is 15.3 Å². The maximum Gasteiger partial charge on any atom is 0.212 e. The second-order valence-electron chi connectivity index (χ2n) is 4.36. The third-order valence-electron chi connectivity index (χ3n) is 3.47. The maximum atomic E-state index is 12.2. The van der Waals surface area contributed by atoms with E-state index in [-0.39, 0.29) is 5.78 Å². The number of rotatable bonds is 0. The van der Waals surface area contributed by atoms with Crippen molar-refractivity contribution in [1.82, 2.24) is 9.55 Å². The van der Waals surface area contributed by atoms with Gasteiger partial charge >= 0.3 is 0 Å². The summed E-state index contributed by atoms with van der Waals surface area (Å²) in [5.41, 5.74) is 3.52. The zero-order valence-corrected chi connectivity index (χ0v) is 8.73. The number of hydrogen-bond donors (Lipinski definition) is 0. The van der Waals surface area contributed by atoms with Gasteiger partial charge in [0, 0.05) is 24.1 Å². The van der Waals surface area contributed by atoms with Crippen LogP contribution in [0.4, 0.5) is 0 Å². The largest absolute Gasteiger partial charge is 0.325 e. The number of carbonyl (C=O) groups excluding carboxylic acids is 1. The van der Waals surface area contributed by atoms with Gasteiger partial charge in [-0.25, -0.2) is 4.98 Å². The van der Waals surface area contributed by atoms with Crippen molar-refractivity contribution in [3.63, 3.8) is 0 Å². The van der Waals surface area contributed by atoms with Crippen LogP contribution in [-0.2, 0) is 13.0 Å². The first kappa shape index (κ1) is 8.28. The molecule has 0 spiro atoms. The molecule has 0 bridgehead atoms. The summed E-state index contributed by atoms with van der Waals surface area (Å²) in [6.45, 7) is 0.942. The zero-order valence-electron chi connectivity index (χ0n) is 8.73. The molecule has 1 aromatic heterocycles. The fraction of sp³-hybridized carbons (Fsp3) is 0.231. The average molecular weight is 210 g/mol. The van der Waals surface area contributed by atoms with Crippen LogP contribution < -0.4 is 0 Å². The minimum Gasteiger partial charge on any atom is -0.325 e. The van der Waals surface area contributed by atoms with E-state index in [4.69, 9.17) is 0 Å². The van der Waals surface area contributed by atoms with E-state index in [2.05, 4.69) is 9.55 Å². The number of imidazole rings is 1. The molecule has 0 atom stereocenters.